The molecule has 1 aliphatic carbocycles. The van der Waals surface area contributed by atoms with Gasteiger partial charge in [0.15, 0.2) is 0 Å². The Morgan fingerprint density at radius 2 is 2.10 bits per heavy atom. The van der Waals surface area contributed by atoms with Gasteiger partial charge in [-0.05, 0) is 36.9 Å². The zero-order valence-electron chi connectivity index (χ0n) is 12.9. The van der Waals surface area contributed by atoms with Crippen molar-refractivity contribution >= 4 is 0 Å². The highest BCUT2D eigenvalue weighted by molar-refractivity contribution is 5.26. The van der Waals surface area contributed by atoms with Crippen molar-refractivity contribution in [2.24, 2.45) is 5.92 Å². The van der Waals surface area contributed by atoms with Gasteiger partial charge in [0, 0.05) is 12.2 Å². The minimum atomic E-state index is 0.417. The summed E-state index contributed by atoms with van der Waals surface area (Å²) in [7, 11) is 0. The van der Waals surface area contributed by atoms with Crippen LogP contribution in [0.3, 0.4) is 0 Å². The van der Waals surface area contributed by atoms with Gasteiger partial charge in [-0.25, -0.2) is 0 Å². The molecule has 1 aromatic heterocycles. The number of ether oxygens (including phenoxy) is 1. The van der Waals surface area contributed by atoms with E-state index in [0.29, 0.717) is 6.04 Å². The number of hydrogen-bond acceptors (Lipinski definition) is 3. The van der Waals surface area contributed by atoms with Crippen LogP contribution >= 0.6 is 0 Å². The second-order valence-corrected chi connectivity index (χ2v) is 5.80. The molecule has 0 bridgehead atoms. The van der Waals surface area contributed by atoms with Gasteiger partial charge < -0.3 is 10.1 Å². The van der Waals surface area contributed by atoms with Crippen LogP contribution in [-0.2, 0) is 0 Å². The second-order valence-electron chi connectivity index (χ2n) is 5.80. The third-order valence-corrected chi connectivity index (χ3v) is 4.10. The summed E-state index contributed by atoms with van der Waals surface area (Å²) in [5.41, 5.74) is 1.27. The van der Waals surface area contributed by atoms with Crippen LogP contribution in [0.2, 0.25) is 0 Å². The summed E-state index contributed by atoms with van der Waals surface area (Å²) in [6.07, 6.45) is 11.7. The molecule has 0 amide bonds. The molecule has 1 aliphatic rings. The Balaban J connectivity index is 2.02. The van der Waals surface area contributed by atoms with E-state index < -0.39 is 0 Å². The van der Waals surface area contributed by atoms with Crippen LogP contribution in [-0.4, -0.2) is 18.1 Å². The lowest BCUT2D eigenvalue weighted by Crippen LogP contribution is -2.23. The van der Waals surface area contributed by atoms with Crippen molar-refractivity contribution in [3.63, 3.8) is 0 Å². The first-order chi connectivity index (χ1) is 9.83. The molecule has 0 radical (unpaired) electrons. The molecule has 1 heterocycles. The number of rotatable bonds is 8. The van der Waals surface area contributed by atoms with Crippen molar-refractivity contribution in [1.82, 2.24) is 10.3 Å². The van der Waals surface area contributed by atoms with Crippen molar-refractivity contribution in [2.75, 3.05) is 13.2 Å². The highest BCUT2D eigenvalue weighted by Gasteiger charge is 2.21. The lowest BCUT2D eigenvalue weighted by molar-refractivity contribution is 0.314. The molecule has 0 aromatic carbocycles. The first-order valence-corrected chi connectivity index (χ1v) is 8.14. The average Bonchev–Trinajstić information content (AvgIpc) is 2.98. The summed E-state index contributed by atoms with van der Waals surface area (Å²) in [6.45, 7) is 6.06. The number of hydrogen-bond donors (Lipinski definition) is 1. The molecule has 1 unspecified atom stereocenters. The van der Waals surface area contributed by atoms with Crippen LogP contribution in [0.4, 0.5) is 0 Å². The number of nitrogens with zero attached hydrogens (tertiary/aromatic N) is 1. The SMILES string of the molecule is CCCOc1cncc(C(CC2CCCC2)NCC)c1. The molecule has 1 aromatic rings. The average molecular weight is 276 g/mol. The van der Waals surface area contributed by atoms with E-state index in [1.807, 2.05) is 12.4 Å². The van der Waals surface area contributed by atoms with Crippen LogP contribution in [0, 0.1) is 5.92 Å². The first-order valence-electron chi connectivity index (χ1n) is 8.14. The summed E-state index contributed by atoms with van der Waals surface area (Å²) >= 11 is 0. The standard InChI is InChI=1S/C17H28N2O/c1-3-9-20-16-11-15(12-18-13-16)17(19-4-2)10-14-7-5-6-8-14/h11-14,17,19H,3-10H2,1-2H3. The van der Waals surface area contributed by atoms with E-state index in [1.165, 1.54) is 37.7 Å². The highest BCUT2D eigenvalue weighted by Crippen LogP contribution is 2.33. The Morgan fingerprint density at radius 1 is 1.30 bits per heavy atom. The maximum atomic E-state index is 5.70. The number of pyridine rings is 1. The van der Waals surface area contributed by atoms with Gasteiger partial charge in [0.05, 0.1) is 12.8 Å². The molecular weight excluding hydrogens is 248 g/mol. The first kappa shape index (κ1) is 15.3. The van der Waals surface area contributed by atoms with E-state index in [4.69, 9.17) is 4.74 Å². The van der Waals surface area contributed by atoms with Gasteiger partial charge in [0.25, 0.3) is 0 Å². The fraction of sp³-hybridized carbons (Fsp3) is 0.706. The number of nitrogens with one attached hydrogen (secondary N) is 1. The molecule has 0 spiro atoms. The van der Waals surface area contributed by atoms with E-state index in [9.17, 15) is 0 Å². The molecule has 3 heteroatoms. The second kappa shape index (κ2) is 8.25. The predicted octanol–water partition coefficient (Wildman–Crippen LogP) is 4.10. The summed E-state index contributed by atoms with van der Waals surface area (Å²) in [5.74, 6) is 1.78. The van der Waals surface area contributed by atoms with Crippen molar-refractivity contribution in [2.45, 2.75) is 58.4 Å². The minimum Gasteiger partial charge on any atom is -0.492 e. The Labute approximate surface area is 123 Å². The molecular formula is C17H28N2O. The Bertz CT molecular complexity index is 388. The van der Waals surface area contributed by atoms with E-state index in [1.54, 1.807) is 0 Å². The van der Waals surface area contributed by atoms with Crippen LogP contribution in [0.15, 0.2) is 18.5 Å². The smallest absolute Gasteiger partial charge is 0.137 e. The van der Waals surface area contributed by atoms with Gasteiger partial charge in [0.2, 0.25) is 0 Å². The van der Waals surface area contributed by atoms with Crippen molar-refractivity contribution in [1.29, 1.82) is 0 Å². The topological polar surface area (TPSA) is 34.1 Å². The van der Waals surface area contributed by atoms with Crippen LogP contribution < -0.4 is 10.1 Å². The van der Waals surface area contributed by atoms with Crippen LogP contribution in [0.25, 0.3) is 0 Å². The Hall–Kier alpha value is -1.09. The fourth-order valence-electron chi connectivity index (χ4n) is 3.09. The van der Waals surface area contributed by atoms with E-state index in [2.05, 4.69) is 30.2 Å². The number of aromatic nitrogens is 1. The van der Waals surface area contributed by atoms with Crippen molar-refractivity contribution < 1.29 is 4.74 Å². The summed E-state index contributed by atoms with van der Waals surface area (Å²) in [6, 6.07) is 2.58. The van der Waals surface area contributed by atoms with Gasteiger partial charge in [0.1, 0.15) is 5.75 Å². The highest BCUT2D eigenvalue weighted by atomic mass is 16.5. The summed E-state index contributed by atoms with van der Waals surface area (Å²) in [5, 5.41) is 3.61. The maximum Gasteiger partial charge on any atom is 0.137 e. The Kier molecular flexibility index (Phi) is 6.31. The van der Waals surface area contributed by atoms with Crippen LogP contribution in [0.5, 0.6) is 5.75 Å². The molecule has 0 saturated heterocycles. The minimum absolute atomic E-state index is 0.417. The third kappa shape index (κ3) is 4.48. The van der Waals surface area contributed by atoms with Gasteiger partial charge >= 0.3 is 0 Å². The molecule has 112 valence electrons. The van der Waals surface area contributed by atoms with E-state index in [-0.39, 0.29) is 0 Å². The quantitative estimate of drug-likeness (QED) is 0.776. The van der Waals surface area contributed by atoms with Gasteiger partial charge in [-0.3, -0.25) is 4.98 Å². The molecule has 3 nitrogen and oxygen atoms in total. The zero-order valence-corrected chi connectivity index (χ0v) is 12.9. The molecule has 1 N–H and O–H groups in total. The zero-order chi connectivity index (χ0) is 14.2. The summed E-state index contributed by atoms with van der Waals surface area (Å²) < 4.78 is 5.70. The van der Waals surface area contributed by atoms with Gasteiger partial charge in [-0.15, -0.1) is 0 Å². The maximum absolute atomic E-state index is 5.70. The summed E-state index contributed by atoms with van der Waals surface area (Å²) in [4.78, 5) is 4.35. The molecule has 1 atom stereocenters. The van der Waals surface area contributed by atoms with Crippen molar-refractivity contribution in [3.05, 3.63) is 24.0 Å². The largest absolute Gasteiger partial charge is 0.492 e. The van der Waals surface area contributed by atoms with Gasteiger partial charge in [-0.1, -0.05) is 39.5 Å². The monoisotopic (exact) mass is 276 g/mol. The Morgan fingerprint density at radius 3 is 2.80 bits per heavy atom. The lowest BCUT2D eigenvalue weighted by atomic mass is 9.94. The lowest BCUT2D eigenvalue weighted by Gasteiger charge is -2.22. The molecule has 2 rings (SSSR count). The van der Waals surface area contributed by atoms with Crippen molar-refractivity contribution in [3.8, 4) is 5.75 Å². The molecule has 1 fully saturated rings. The molecule has 1 saturated carbocycles. The fourth-order valence-corrected chi connectivity index (χ4v) is 3.09. The molecule has 0 aliphatic heterocycles. The third-order valence-electron chi connectivity index (χ3n) is 4.10. The predicted molar refractivity (Wildman–Crippen MR) is 83.0 cm³/mol. The van der Waals surface area contributed by atoms with Gasteiger partial charge in [-0.2, -0.15) is 0 Å². The normalized spacial score (nSPS) is 17.3. The van der Waals surface area contributed by atoms with Crippen LogP contribution in [0.1, 0.15) is 64.0 Å². The van der Waals surface area contributed by atoms with E-state index in [0.717, 1.165) is 31.2 Å². The van der Waals surface area contributed by atoms with E-state index >= 15 is 0 Å². The molecule has 20 heavy (non-hydrogen) atoms.